The van der Waals surface area contributed by atoms with Crippen LogP contribution in [0.5, 0.6) is 11.5 Å². The van der Waals surface area contributed by atoms with Gasteiger partial charge < -0.3 is 20.7 Å². The zero-order valence-electron chi connectivity index (χ0n) is 13.6. The third kappa shape index (κ3) is 3.13. The summed E-state index contributed by atoms with van der Waals surface area (Å²) in [5, 5.41) is 18.9. The Morgan fingerprint density at radius 2 is 2.38 bits per heavy atom. The van der Waals surface area contributed by atoms with Gasteiger partial charge in [0.25, 0.3) is 0 Å². The molecule has 0 unspecified atom stereocenters. The van der Waals surface area contributed by atoms with Gasteiger partial charge in [-0.1, -0.05) is 6.04 Å². The molecule has 1 aromatic rings. The molecule has 0 spiro atoms. The van der Waals surface area contributed by atoms with Gasteiger partial charge in [0.15, 0.2) is 11.5 Å². The lowest BCUT2D eigenvalue weighted by molar-refractivity contribution is -0.144. The van der Waals surface area contributed by atoms with Crippen molar-refractivity contribution in [2.45, 2.75) is 19.3 Å². The summed E-state index contributed by atoms with van der Waals surface area (Å²) in [6, 6.07) is -5.05. The number of hydrogen-bond acceptors (Lipinski definition) is 5. The number of phenols is 2. The summed E-state index contributed by atoms with van der Waals surface area (Å²) < 4.78 is 42.8. The fourth-order valence-electron chi connectivity index (χ4n) is 0.905. The number of ether oxygens (including phenoxy) is 1. The van der Waals surface area contributed by atoms with Crippen molar-refractivity contribution < 1.29 is 26.6 Å². The van der Waals surface area contributed by atoms with Crippen molar-refractivity contribution in [3.8, 4) is 11.5 Å². The molecule has 0 heterocycles. The van der Waals surface area contributed by atoms with Crippen molar-refractivity contribution in [2.75, 3.05) is 6.61 Å². The van der Waals surface area contributed by atoms with Crippen molar-refractivity contribution in [3.63, 3.8) is 0 Å². The Morgan fingerprint density at radius 1 is 1.69 bits per heavy atom. The van der Waals surface area contributed by atoms with Crippen molar-refractivity contribution in [1.82, 2.24) is 0 Å². The van der Waals surface area contributed by atoms with Crippen molar-refractivity contribution in [3.05, 3.63) is 23.7 Å². The average Bonchev–Trinajstić information content (AvgIpc) is 2.43. The number of benzene rings is 1. The summed E-state index contributed by atoms with van der Waals surface area (Å²) in [4.78, 5) is 11.6. The molecular weight excluding hydrogens is 210 g/mol. The lowest BCUT2D eigenvalue weighted by Gasteiger charge is -2.10. The quantitative estimate of drug-likeness (QED) is 0.518. The molecule has 0 saturated heterocycles. The molecule has 0 fully saturated rings. The first-order valence-corrected chi connectivity index (χ1v) is 4.47. The molecule has 5 heteroatoms. The normalized spacial score (nSPS) is 20.5. The van der Waals surface area contributed by atoms with Gasteiger partial charge in [0.2, 0.25) is 0 Å². The standard InChI is InChI=1S/C11H15NO4/c1-2-16-11(15)8(12)5-7-3-4-9(13)10(14)6-7/h3-4,6,8,13-14H,2,5,12H2,1H3/t8-/m0/s1/i3D,4D,5D,6D,8D/t5-,8-. The molecule has 0 bridgehead atoms. The minimum atomic E-state index is -2.63. The maximum atomic E-state index is 11.6. The highest BCUT2D eigenvalue weighted by Gasteiger charge is 2.15. The number of carbonyl (C=O) groups excluding carboxylic acids is 1. The van der Waals surface area contributed by atoms with E-state index in [-0.39, 0.29) is 6.61 Å². The van der Waals surface area contributed by atoms with E-state index in [0.29, 0.717) is 0 Å². The van der Waals surface area contributed by atoms with Crippen molar-refractivity contribution in [1.29, 1.82) is 0 Å². The van der Waals surface area contributed by atoms with E-state index in [2.05, 4.69) is 4.74 Å². The molecule has 2 atom stereocenters. The second kappa shape index (κ2) is 5.37. The van der Waals surface area contributed by atoms with Crippen LogP contribution in [0.1, 0.15) is 19.3 Å². The Balaban J connectivity index is 3.44. The smallest absolute Gasteiger partial charge is 0.323 e. The molecule has 88 valence electrons. The molecule has 0 aliphatic carbocycles. The molecular formula is C11H15NO4. The molecule has 0 amide bonds. The molecule has 1 rings (SSSR count). The van der Waals surface area contributed by atoms with E-state index in [0.717, 1.165) is 0 Å². The van der Waals surface area contributed by atoms with E-state index in [4.69, 9.17) is 12.6 Å². The molecule has 0 aliphatic rings. The van der Waals surface area contributed by atoms with Gasteiger partial charge in [0.1, 0.15) is 6.02 Å². The molecule has 1 aromatic carbocycles. The third-order valence-electron chi connectivity index (χ3n) is 1.60. The van der Waals surface area contributed by atoms with Crippen molar-refractivity contribution >= 4 is 5.97 Å². The molecule has 16 heavy (non-hydrogen) atoms. The summed E-state index contributed by atoms with van der Waals surface area (Å²) in [5.41, 5.74) is 4.82. The molecule has 5 nitrogen and oxygen atoms in total. The van der Waals surface area contributed by atoms with E-state index >= 15 is 0 Å². The van der Waals surface area contributed by atoms with Crippen LogP contribution in [-0.4, -0.2) is 28.8 Å². The van der Waals surface area contributed by atoms with Crippen LogP contribution >= 0.6 is 0 Å². The van der Waals surface area contributed by atoms with Gasteiger partial charge in [-0.15, -0.1) is 0 Å². The second-order valence-corrected chi connectivity index (χ2v) is 2.81. The van der Waals surface area contributed by atoms with Gasteiger partial charge in [-0.3, -0.25) is 4.79 Å². The number of nitrogens with two attached hydrogens (primary N) is 1. The molecule has 4 N–H and O–H groups in total. The number of phenolic OH excluding ortho intramolecular Hbond substituents is 2. The Kier molecular flexibility index (Phi) is 2.26. The van der Waals surface area contributed by atoms with Crippen LogP contribution in [0.15, 0.2) is 18.1 Å². The first-order chi connectivity index (χ1) is 9.57. The zero-order chi connectivity index (χ0) is 16.5. The summed E-state index contributed by atoms with van der Waals surface area (Å²) in [5.74, 6) is -3.23. The maximum absolute atomic E-state index is 11.6. The van der Waals surface area contributed by atoms with Gasteiger partial charge in [0.05, 0.1) is 12.1 Å². The monoisotopic (exact) mass is 230 g/mol. The SMILES string of the molecule is [2H]c1c([2H])c([C@H]([2H])[C@]([2H])(N)C(=O)OCC)c([2H])c(O)c1O. The summed E-state index contributed by atoms with van der Waals surface area (Å²) in [6.45, 7) is 1.41. The van der Waals surface area contributed by atoms with Crippen LogP contribution in [0, 0.1) is 0 Å². The van der Waals surface area contributed by atoms with Crippen LogP contribution in [-0.2, 0) is 15.9 Å². The van der Waals surface area contributed by atoms with Crippen LogP contribution in [0.4, 0.5) is 0 Å². The molecule has 0 saturated carbocycles. The minimum absolute atomic E-state index is 0.0740. The summed E-state index contributed by atoms with van der Waals surface area (Å²) >= 11 is 0. The van der Waals surface area contributed by atoms with E-state index in [9.17, 15) is 15.0 Å². The number of esters is 1. The van der Waals surface area contributed by atoms with E-state index in [1.165, 1.54) is 6.92 Å². The predicted molar refractivity (Wildman–Crippen MR) is 58.1 cm³/mol. The number of aromatic hydroxyl groups is 2. The van der Waals surface area contributed by atoms with Crippen molar-refractivity contribution in [2.24, 2.45) is 5.73 Å². The second-order valence-electron chi connectivity index (χ2n) is 2.81. The zero-order valence-corrected chi connectivity index (χ0v) is 8.57. The fourth-order valence-corrected chi connectivity index (χ4v) is 0.905. The summed E-state index contributed by atoms with van der Waals surface area (Å²) in [6.07, 6.45) is -1.95. The van der Waals surface area contributed by atoms with Crippen LogP contribution in [0.3, 0.4) is 0 Å². The lowest BCUT2D eigenvalue weighted by Crippen LogP contribution is -2.34. The van der Waals surface area contributed by atoms with Crippen LogP contribution in [0.25, 0.3) is 0 Å². The van der Waals surface area contributed by atoms with E-state index < -0.39 is 53.6 Å². The number of hydrogen-bond donors (Lipinski definition) is 3. The Hall–Kier alpha value is -1.75. The van der Waals surface area contributed by atoms with Gasteiger partial charge in [-0.25, -0.2) is 0 Å². The number of rotatable bonds is 4. The predicted octanol–water partition coefficient (Wildman–Crippen LogP) is 0.531. The van der Waals surface area contributed by atoms with Gasteiger partial charge >= 0.3 is 5.97 Å². The third-order valence-corrected chi connectivity index (χ3v) is 1.60. The first kappa shape index (κ1) is 6.75. The van der Waals surface area contributed by atoms with Gasteiger partial charge in [-0.2, -0.15) is 0 Å². The lowest BCUT2D eigenvalue weighted by atomic mass is 10.1. The average molecular weight is 230 g/mol. The first-order valence-electron chi connectivity index (χ1n) is 7.04. The van der Waals surface area contributed by atoms with Gasteiger partial charge in [-0.05, 0) is 31.0 Å². The fraction of sp³-hybridized carbons (Fsp3) is 0.364. The summed E-state index contributed by atoms with van der Waals surface area (Å²) in [7, 11) is 0. The largest absolute Gasteiger partial charge is 0.504 e. The Bertz CT molecular complexity index is 549. The molecule has 0 aliphatic heterocycles. The van der Waals surface area contributed by atoms with E-state index in [1.54, 1.807) is 0 Å². The highest BCUT2D eigenvalue weighted by molar-refractivity contribution is 5.75. The Labute approximate surface area is 100 Å². The highest BCUT2D eigenvalue weighted by atomic mass is 16.5. The minimum Gasteiger partial charge on any atom is -0.504 e. The number of carbonyl (C=O) groups is 1. The van der Waals surface area contributed by atoms with Crippen LogP contribution in [0.2, 0.25) is 0 Å². The molecule has 0 radical (unpaired) electrons. The van der Waals surface area contributed by atoms with Gasteiger partial charge in [0, 0.05) is 1.37 Å². The van der Waals surface area contributed by atoms with Crippen LogP contribution < -0.4 is 5.73 Å². The molecule has 0 aromatic heterocycles. The Morgan fingerprint density at radius 3 is 3.00 bits per heavy atom. The highest BCUT2D eigenvalue weighted by Crippen LogP contribution is 2.25. The van der Waals surface area contributed by atoms with E-state index in [1.807, 2.05) is 0 Å². The topological polar surface area (TPSA) is 92.8 Å². The maximum Gasteiger partial charge on any atom is 0.323 e.